The van der Waals surface area contributed by atoms with Crippen LogP contribution in [0.25, 0.3) is 0 Å². The Hall–Kier alpha value is -2.98. The minimum Gasteiger partial charge on any atom is -0.456 e. The Morgan fingerprint density at radius 2 is 1.45 bits per heavy atom. The van der Waals surface area contributed by atoms with Crippen molar-refractivity contribution in [2.45, 2.75) is 44.8 Å². The highest BCUT2D eigenvalue weighted by atomic mass is 16.5. The second kappa shape index (κ2) is 7.03. The maximum Gasteiger partial charge on any atom is 0.135 e. The van der Waals surface area contributed by atoms with Crippen LogP contribution in [-0.2, 0) is 12.1 Å². The van der Waals surface area contributed by atoms with Crippen molar-refractivity contribution in [3.63, 3.8) is 0 Å². The number of ether oxygens (including phenoxy) is 1. The molecule has 4 heteroatoms. The lowest BCUT2D eigenvalue weighted by Gasteiger charge is -2.45. The predicted octanol–water partition coefficient (Wildman–Crippen LogP) is 5.93. The Kier molecular flexibility index (Phi) is 4.25. The standard InChI is InChI=1S/C27H29N3O/c1-3-28-19-9-13-23-25(15-19)31-26-16-20(29-4-2)10-14-24(26)27(23)22-8-6-5-7-18(22)17-30(27)21-11-12-21/h5-10,13-16,21,28-29H,3-4,11-12,17H2,1-2H3. The molecule has 3 aromatic carbocycles. The number of hydrogen-bond donors (Lipinski definition) is 2. The Morgan fingerprint density at radius 3 is 2.03 bits per heavy atom. The summed E-state index contributed by atoms with van der Waals surface area (Å²) in [6, 6.07) is 22.9. The van der Waals surface area contributed by atoms with Gasteiger partial charge in [-0.3, -0.25) is 4.90 Å². The molecule has 158 valence electrons. The largest absolute Gasteiger partial charge is 0.456 e. The van der Waals surface area contributed by atoms with Crippen molar-refractivity contribution in [3.05, 3.63) is 82.9 Å². The Labute approximate surface area is 184 Å². The third-order valence-electron chi connectivity index (χ3n) is 6.89. The highest BCUT2D eigenvalue weighted by Gasteiger charge is 2.56. The van der Waals surface area contributed by atoms with Gasteiger partial charge < -0.3 is 15.4 Å². The molecule has 0 atom stereocenters. The van der Waals surface area contributed by atoms with Crippen molar-refractivity contribution in [3.8, 4) is 11.5 Å². The number of nitrogens with one attached hydrogen (secondary N) is 2. The number of anilines is 2. The quantitative estimate of drug-likeness (QED) is 0.546. The Bertz CT molecular complexity index is 1100. The van der Waals surface area contributed by atoms with Crippen molar-refractivity contribution in [2.75, 3.05) is 23.7 Å². The molecular formula is C27H29N3O. The van der Waals surface area contributed by atoms with E-state index in [0.29, 0.717) is 6.04 Å². The van der Waals surface area contributed by atoms with Crippen molar-refractivity contribution < 1.29 is 4.74 Å². The van der Waals surface area contributed by atoms with Gasteiger partial charge in [0, 0.05) is 60.3 Å². The van der Waals surface area contributed by atoms with Crippen LogP contribution >= 0.6 is 0 Å². The summed E-state index contributed by atoms with van der Waals surface area (Å²) in [6.45, 7) is 7.03. The molecule has 31 heavy (non-hydrogen) atoms. The summed E-state index contributed by atoms with van der Waals surface area (Å²) in [6.07, 6.45) is 2.54. The summed E-state index contributed by atoms with van der Waals surface area (Å²) in [4.78, 5) is 2.73. The maximum absolute atomic E-state index is 6.59. The predicted molar refractivity (Wildman–Crippen MR) is 126 cm³/mol. The van der Waals surface area contributed by atoms with Crippen LogP contribution in [0.5, 0.6) is 11.5 Å². The van der Waals surface area contributed by atoms with Crippen LogP contribution < -0.4 is 15.4 Å². The first-order valence-corrected chi connectivity index (χ1v) is 11.6. The molecule has 1 fully saturated rings. The van der Waals surface area contributed by atoms with Gasteiger partial charge in [0.25, 0.3) is 0 Å². The molecule has 3 aromatic rings. The van der Waals surface area contributed by atoms with Crippen LogP contribution in [0.15, 0.2) is 60.7 Å². The zero-order valence-electron chi connectivity index (χ0n) is 18.2. The molecule has 0 unspecified atom stereocenters. The first-order valence-electron chi connectivity index (χ1n) is 11.6. The molecule has 0 amide bonds. The van der Waals surface area contributed by atoms with Crippen molar-refractivity contribution in [2.24, 2.45) is 0 Å². The minimum absolute atomic E-state index is 0.295. The topological polar surface area (TPSA) is 36.5 Å². The van der Waals surface area contributed by atoms with Gasteiger partial charge in [-0.05, 0) is 49.9 Å². The van der Waals surface area contributed by atoms with Crippen molar-refractivity contribution in [1.82, 2.24) is 4.90 Å². The first kappa shape index (κ1) is 18.8. The van der Waals surface area contributed by atoms with E-state index in [4.69, 9.17) is 4.74 Å². The highest BCUT2D eigenvalue weighted by Crippen LogP contribution is 2.60. The van der Waals surface area contributed by atoms with Gasteiger partial charge in [-0.2, -0.15) is 0 Å². The molecule has 2 N–H and O–H groups in total. The number of hydrogen-bond acceptors (Lipinski definition) is 4. The zero-order chi connectivity index (χ0) is 21.0. The molecule has 0 saturated heterocycles. The summed E-state index contributed by atoms with van der Waals surface area (Å²) < 4.78 is 6.59. The molecule has 2 aliphatic heterocycles. The molecule has 1 aliphatic carbocycles. The monoisotopic (exact) mass is 411 g/mol. The second-order valence-corrected chi connectivity index (χ2v) is 8.81. The van der Waals surface area contributed by atoms with E-state index in [0.717, 1.165) is 42.5 Å². The van der Waals surface area contributed by atoms with Crippen LogP contribution in [-0.4, -0.2) is 24.0 Å². The summed E-state index contributed by atoms with van der Waals surface area (Å²) in [5, 5.41) is 6.90. The number of rotatable bonds is 5. The van der Waals surface area contributed by atoms with Gasteiger partial charge in [-0.1, -0.05) is 36.4 Å². The summed E-state index contributed by atoms with van der Waals surface area (Å²) >= 11 is 0. The van der Waals surface area contributed by atoms with Crippen molar-refractivity contribution >= 4 is 11.4 Å². The van der Waals surface area contributed by atoms with E-state index < -0.39 is 0 Å². The SMILES string of the molecule is CCNc1ccc2c(c1)Oc1cc(NCC)ccc1C21c2ccccc2CN1C1CC1. The molecule has 1 saturated carbocycles. The normalized spacial score (nSPS) is 18.1. The van der Waals surface area contributed by atoms with Crippen LogP contribution in [0.3, 0.4) is 0 Å². The average Bonchev–Trinajstić information content (AvgIpc) is 3.57. The third-order valence-corrected chi connectivity index (χ3v) is 6.89. The summed E-state index contributed by atoms with van der Waals surface area (Å²) in [5.74, 6) is 1.92. The number of benzene rings is 3. The molecule has 6 rings (SSSR count). The fourth-order valence-electron chi connectivity index (χ4n) is 5.56. The second-order valence-electron chi connectivity index (χ2n) is 8.81. The van der Waals surface area contributed by atoms with Gasteiger partial charge in [0.2, 0.25) is 0 Å². The number of fused-ring (bicyclic) bond motifs is 6. The van der Waals surface area contributed by atoms with E-state index in [-0.39, 0.29) is 5.54 Å². The fourth-order valence-corrected chi connectivity index (χ4v) is 5.56. The van der Waals surface area contributed by atoms with Crippen molar-refractivity contribution in [1.29, 1.82) is 0 Å². The Balaban J connectivity index is 1.64. The van der Waals surface area contributed by atoms with Crippen LogP contribution in [0.4, 0.5) is 11.4 Å². The summed E-state index contributed by atoms with van der Waals surface area (Å²) in [5.41, 5.74) is 7.26. The van der Waals surface area contributed by atoms with E-state index in [1.165, 1.54) is 35.1 Å². The molecule has 1 spiro atoms. The van der Waals surface area contributed by atoms with Gasteiger partial charge in [0.15, 0.2) is 0 Å². The lowest BCUT2D eigenvalue weighted by Crippen LogP contribution is -2.46. The third kappa shape index (κ3) is 2.71. The molecule has 0 aromatic heterocycles. The van der Waals surface area contributed by atoms with Gasteiger partial charge in [-0.15, -0.1) is 0 Å². The molecule has 0 radical (unpaired) electrons. The molecule has 3 aliphatic rings. The van der Waals surface area contributed by atoms with E-state index >= 15 is 0 Å². The first-order chi connectivity index (χ1) is 15.3. The fraction of sp³-hybridized carbons (Fsp3) is 0.333. The number of nitrogens with zero attached hydrogens (tertiary/aromatic N) is 1. The smallest absolute Gasteiger partial charge is 0.135 e. The molecule has 4 nitrogen and oxygen atoms in total. The van der Waals surface area contributed by atoms with E-state index in [2.05, 4.69) is 90.0 Å². The summed E-state index contributed by atoms with van der Waals surface area (Å²) in [7, 11) is 0. The van der Waals surface area contributed by atoms with Gasteiger partial charge in [0.1, 0.15) is 17.0 Å². The van der Waals surface area contributed by atoms with Crippen LogP contribution in [0.2, 0.25) is 0 Å². The van der Waals surface area contributed by atoms with Crippen LogP contribution in [0, 0.1) is 0 Å². The molecule has 2 heterocycles. The lowest BCUT2D eigenvalue weighted by molar-refractivity contribution is 0.152. The van der Waals surface area contributed by atoms with Gasteiger partial charge >= 0.3 is 0 Å². The van der Waals surface area contributed by atoms with E-state index in [1.807, 2.05) is 0 Å². The zero-order valence-corrected chi connectivity index (χ0v) is 18.2. The maximum atomic E-state index is 6.59. The van der Waals surface area contributed by atoms with E-state index in [1.54, 1.807) is 0 Å². The van der Waals surface area contributed by atoms with Crippen LogP contribution in [0.1, 0.15) is 48.9 Å². The lowest BCUT2D eigenvalue weighted by atomic mass is 9.74. The van der Waals surface area contributed by atoms with Gasteiger partial charge in [-0.25, -0.2) is 0 Å². The Morgan fingerprint density at radius 1 is 0.839 bits per heavy atom. The molecule has 0 bridgehead atoms. The van der Waals surface area contributed by atoms with Gasteiger partial charge in [0.05, 0.1) is 0 Å². The molecular weight excluding hydrogens is 382 g/mol. The minimum atomic E-state index is -0.295. The highest BCUT2D eigenvalue weighted by molar-refractivity contribution is 5.70. The van der Waals surface area contributed by atoms with E-state index in [9.17, 15) is 0 Å². The average molecular weight is 412 g/mol.